The van der Waals surface area contributed by atoms with Crippen molar-refractivity contribution >= 4 is 11.8 Å². The number of ether oxygens (including phenoxy) is 1. The Labute approximate surface area is 239 Å². The van der Waals surface area contributed by atoms with E-state index in [0.29, 0.717) is 12.2 Å². The molecule has 0 aromatic rings. The maximum atomic E-state index is 12.5. The van der Waals surface area contributed by atoms with Crippen LogP contribution in [0.5, 0.6) is 0 Å². The number of hydrogen-bond acceptors (Lipinski definition) is 3. The molecule has 0 heterocycles. The fourth-order valence-electron chi connectivity index (χ4n) is 5.34. The van der Waals surface area contributed by atoms with E-state index in [1.165, 1.54) is 116 Å². The summed E-state index contributed by atoms with van der Waals surface area (Å²) in [5, 5.41) is 0. The molecule has 0 atom stereocenters. The third kappa shape index (κ3) is 28.2. The number of ketones is 1. The highest BCUT2D eigenvalue weighted by atomic mass is 16.5. The number of unbranched alkanes of at least 4 members (excludes halogenated alkanes) is 20. The lowest BCUT2D eigenvalue weighted by molar-refractivity contribution is -0.150. The van der Waals surface area contributed by atoms with Crippen LogP contribution in [0.3, 0.4) is 0 Å². The first-order valence-corrected chi connectivity index (χ1v) is 17.3. The van der Waals surface area contributed by atoms with Crippen molar-refractivity contribution in [3.05, 3.63) is 0 Å². The van der Waals surface area contributed by atoms with Crippen molar-refractivity contribution in [2.24, 2.45) is 0 Å². The van der Waals surface area contributed by atoms with Gasteiger partial charge in [0.15, 0.2) is 0 Å². The standard InChI is InChI=1S/C35H68O3/c1-4-7-10-13-16-18-23-28-33(36)29-24-19-17-22-27-32-35(37)38-34(30-25-20-14-11-8-5-2)31-26-21-15-12-9-6-3/h34H,4-32H2,1-3H3. The van der Waals surface area contributed by atoms with Gasteiger partial charge in [0.05, 0.1) is 0 Å². The lowest BCUT2D eigenvalue weighted by atomic mass is 10.0. The van der Waals surface area contributed by atoms with Gasteiger partial charge in [0.2, 0.25) is 0 Å². The average Bonchev–Trinajstić information content (AvgIpc) is 2.91. The second kappa shape index (κ2) is 30.7. The quantitative estimate of drug-likeness (QED) is 0.0653. The molecule has 0 rings (SSSR count). The zero-order valence-corrected chi connectivity index (χ0v) is 26.3. The molecule has 0 N–H and O–H groups in total. The molecule has 0 spiro atoms. The SMILES string of the molecule is CCCCCCCCCC(=O)CCCCCCCC(=O)OC(CCCCCCCC)CCCCCCCC. The van der Waals surface area contributed by atoms with Crippen LogP contribution < -0.4 is 0 Å². The Balaban J connectivity index is 3.88. The van der Waals surface area contributed by atoms with Crippen LogP contribution >= 0.6 is 0 Å². The topological polar surface area (TPSA) is 43.4 Å². The molecule has 0 radical (unpaired) electrons. The van der Waals surface area contributed by atoms with E-state index in [2.05, 4.69) is 20.8 Å². The molecule has 0 aromatic carbocycles. The number of esters is 1. The van der Waals surface area contributed by atoms with Crippen LogP contribution in [0.25, 0.3) is 0 Å². The lowest BCUT2D eigenvalue weighted by Gasteiger charge is -2.18. The van der Waals surface area contributed by atoms with E-state index in [1.54, 1.807) is 0 Å². The molecule has 0 aliphatic heterocycles. The van der Waals surface area contributed by atoms with Crippen molar-refractivity contribution in [3.8, 4) is 0 Å². The monoisotopic (exact) mass is 537 g/mol. The molecular formula is C35H68O3. The Kier molecular flexibility index (Phi) is 30.0. The van der Waals surface area contributed by atoms with Gasteiger partial charge in [-0.1, -0.05) is 143 Å². The smallest absolute Gasteiger partial charge is 0.306 e. The van der Waals surface area contributed by atoms with Gasteiger partial charge in [0.1, 0.15) is 11.9 Å². The Morgan fingerprint density at radius 1 is 0.421 bits per heavy atom. The van der Waals surface area contributed by atoms with Gasteiger partial charge in [-0.05, 0) is 44.9 Å². The van der Waals surface area contributed by atoms with Crippen molar-refractivity contribution in [2.75, 3.05) is 0 Å². The molecule has 0 unspecified atom stereocenters. The summed E-state index contributed by atoms with van der Waals surface area (Å²) >= 11 is 0. The van der Waals surface area contributed by atoms with Gasteiger partial charge >= 0.3 is 5.97 Å². The van der Waals surface area contributed by atoms with Crippen LogP contribution in [0.4, 0.5) is 0 Å². The highest BCUT2D eigenvalue weighted by molar-refractivity contribution is 5.78. The maximum Gasteiger partial charge on any atom is 0.306 e. The molecule has 0 saturated carbocycles. The first kappa shape index (κ1) is 37.1. The number of carbonyl (C=O) groups excluding carboxylic acids is 2. The van der Waals surface area contributed by atoms with Gasteiger partial charge in [0.25, 0.3) is 0 Å². The Morgan fingerprint density at radius 3 is 1.13 bits per heavy atom. The molecule has 0 fully saturated rings. The maximum absolute atomic E-state index is 12.5. The molecule has 0 saturated heterocycles. The van der Waals surface area contributed by atoms with Gasteiger partial charge in [-0.15, -0.1) is 0 Å². The Bertz CT molecular complexity index is 485. The highest BCUT2D eigenvalue weighted by Gasteiger charge is 2.14. The van der Waals surface area contributed by atoms with Gasteiger partial charge in [-0.3, -0.25) is 9.59 Å². The van der Waals surface area contributed by atoms with Crippen LogP contribution in [-0.2, 0) is 14.3 Å². The first-order valence-electron chi connectivity index (χ1n) is 17.3. The highest BCUT2D eigenvalue weighted by Crippen LogP contribution is 2.18. The second-order valence-electron chi connectivity index (χ2n) is 11.9. The number of Topliss-reactive ketones (excluding diaryl/α,β-unsaturated/α-hetero) is 1. The van der Waals surface area contributed by atoms with Crippen LogP contribution in [0.1, 0.15) is 207 Å². The fourth-order valence-corrected chi connectivity index (χ4v) is 5.34. The van der Waals surface area contributed by atoms with Gasteiger partial charge in [-0.25, -0.2) is 0 Å². The molecule has 0 aliphatic carbocycles. The molecule has 0 aromatic heterocycles. The second-order valence-corrected chi connectivity index (χ2v) is 11.9. The largest absolute Gasteiger partial charge is 0.462 e. The van der Waals surface area contributed by atoms with E-state index < -0.39 is 0 Å². The van der Waals surface area contributed by atoms with E-state index in [1.807, 2.05) is 0 Å². The predicted octanol–water partition coefficient (Wildman–Crippen LogP) is 11.8. The van der Waals surface area contributed by atoms with Gasteiger partial charge < -0.3 is 4.74 Å². The number of carbonyl (C=O) groups is 2. The van der Waals surface area contributed by atoms with E-state index in [9.17, 15) is 9.59 Å². The summed E-state index contributed by atoms with van der Waals surface area (Å²) in [6.07, 6.45) is 33.9. The number of hydrogen-bond donors (Lipinski definition) is 0. The minimum atomic E-state index is 0.0110. The van der Waals surface area contributed by atoms with Crippen molar-refractivity contribution < 1.29 is 14.3 Å². The van der Waals surface area contributed by atoms with Crippen molar-refractivity contribution in [3.63, 3.8) is 0 Å². The molecule has 226 valence electrons. The van der Waals surface area contributed by atoms with E-state index in [-0.39, 0.29) is 12.1 Å². The zero-order valence-electron chi connectivity index (χ0n) is 26.3. The molecule has 3 nitrogen and oxygen atoms in total. The predicted molar refractivity (Wildman–Crippen MR) is 166 cm³/mol. The summed E-state index contributed by atoms with van der Waals surface area (Å²) < 4.78 is 5.96. The van der Waals surface area contributed by atoms with Crippen LogP contribution in [0.2, 0.25) is 0 Å². The Hall–Kier alpha value is -0.860. The average molecular weight is 537 g/mol. The lowest BCUT2D eigenvalue weighted by Crippen LogP contribution is -2.18. The minimum absolute atomic E-state index is 0.0110. The molecule has 3 heteroatoms. The third-order valence-corrected chi connectivity index (χ3v) is 7.95. The van der Waals surface area contributed by atoms with Crippen LogP contribution in [0.15, 0.2) is 0 Å². The van der Waals surface area contributed by atoms with Crippen molar-refractivity contribution in [1.29, 1.82) is 0 Å². The molecule has 38 heavy (non-hydrogen) atoms. The third-order valence-electron chi connectivity index (χ3n) is 7.95. The van der Waals surface area contributed by atoms with Crippen LogP contribution in [-0.4, -0.2) is 17.9 Å². The molecule has 0 bridgehead atoms. The summed E-state index contributed by atoms with van der Waals surface area (Å²) in [5.41, 5.74) is 0. The number of rotatable bonds is 31. The van der Waals surface area contributed by atoms with Gasteiger partial charge in [0, 0.05) is 19.3 Å². The van der Waals surface area contributed by atoms with Crippen LogP contribution in [0, 0.1) is 0 Å². The fraction of sp³-hybridized carbons (Fsp3) is 0.943. The summed E-state index contributed by atoms with van der Waals surface area (Å²) in [6.45, 7) is 6.77. The minimum Gasteiger partial charge on any atom is -0.462 e. The zero-order chi connectivity index (χ0) is 27.9. The van der Waals surface area contributed by atoms with Crippen molar-refractivity contribution in [2.45, 2.75) is 213 Å². The van der Waals surface area contributed by atoms with E-state index >= 15 is 0 Å². The molecule has 0 amide bonds. The van der Waals surface area contributed by atoms with E-state index in [4.69, 9.17) is 4.74 Å². The summed E-state index contributed by atoms with van der Waals surface area (Å²) in [7, 11) is 0. The van der Waals surface area contributed by atoms with E-state index in [0.717, 1.165) is 64.2 Å². The molecular weight excluding hydrogens is 468 g/mol. The normalized spacial score (nSPS) is 11.4. The molecule has 0 aliphatic rings. The summed E-state index contributed by atoms with van der Waals surface area (Å²) in [4.78, 5) is 24.6. The first-order chi connectivity index (χ1) is 18.6. The summed E-state index contributed by atoms with van der Waals surface area (Å²) in [6, 6.07) is 0. The van der Waals surface area contributed by atoms with Gasteiger partial charge in [-0.2, -0.15) is 0 Å². The summed E-state index contributed by atoms with van der Waals surface area (Å²) in [5.74, 6) is 0.459. The van der Waals surface area contributed by atoms with Crippen molar-refractivity contribution in [1.82, 2.24) is 0 Å². The Morgan fingerprint density at radius 2 is 0.737 bits per heavy atom.